The monoisotopic (exact) mass is 405 g/mol. The Morgan fingerprint density at radius 2 is 1.86 bits per heavy atom. The zero-order chi connectivity index (χ0) is 20.3. The second-order valence-corrected chi connectivity index (χ2v) is 7.47. The molecule has 148 valence electrons. The number of hydrogen-bond donors (Lipinski definition) is 1. The summed E-state index contributed by atoms with van der Waals surface area (Å²) >= 11 is 6.01. The molecule has 1 aromatic heterocycles. The number of benzene rings is 2. The summed E-state index contributed by atoms with van der Waals surface area (Å²) in [6.45, 7) is 1.17. The smallest absolute Gasteiger partial charge is 0.227 e. The molecule has 0 atom stereocenters. The molecular formula is C21H22ClF2N3O. The first-order valence-electron chi connectivity index (χ1n) is 8.95. The number of carbonyl (C=O) groups is 1. The van der Waals surface area contributed by atoms with Crippen molar-refractivity contribution in [1.29, 1.82) is 0 Å². The van der Waals surface area contributed by atoms with E-state index in [4.69, 9.17) is 11.6 Å². The van der Waals surface area contributed by atoms with Gasteiger partial charge < -0.3 is 14.8 Å². The molecule has 0 spiro atoms. The number of hydrogen-bond acceptors (Lipinski definition) is 2. The number of fused-ring (bicyclic) bond motifs is 1. The lowest BCUT2D eigenvalue weighted by atomic mass is 10.1. The molecule has 1 amide bonds. The van der Waals surface area contributed by atoms with Gasteiger partial charge in [-0.15, -0.1) is 0 Å². The van der Waals surface area contributed by atoms with Crippen molar-refractivity contribution in [3.63, 3.8) is 0 Å². The van der Waals surface area contributed by atoms with Crippen LogP contribution < -0.4 is 0 Å². The van der Waals surface area contributed by atoms with Crippen LogP contribution in [0.15, 0.2) is 42.6 Å². The minimum absolute atomic E-state index is 0.0902. The molecule has 4 nitrogen and oxygen atoms in total. The maximum absolute atomic E-state index is 14.1. The summed E-state index contributed by atoms with van der Waals surface area (Å²) < 4.78 is 27.3. The number of aromatic nitrogens is 1. The van der Waals surface area contributed by atoms with Crippen molar-refractivity contribution >= 4 is 28.4 Å². The van der Waals surface area contributed by atoms with Gasteiger partial charge in [-0.3, -0.25) is 4.79 Å². The van der Waals surface area contributed by atoms with E-state index >= 15 is 0 Å². The maximum Gasteiger partial charge on any atom is 0.227 e. The van der Waals surface area contributed by atoms with Gasteiger partial charge in [-0.1, -0.05) is 23.7 Å². The van der Waals surface area contributed by atoms with Crippen molar-refractivity contribution in [1.82, 2.24) is 14.8 Å². The molecule has 3 rings (SSSR count). The third-order valence-electron chi connectivity index (χ3n) is 4.62. The van der Waals surface area contributed by atoms with Crippen molar-refractivity contribution in [2.45, 2.75) is 13.0 Å². The summed E-state index contributed by atoms with van der Waals surface area (Å²) in [6.07, 6.45) is 1.97. The van der Waals surface area contributed by atoms with E-state index in [0.29, 0.717) is 23.7 Å². The summed E-state index contributed by atoms with van der Waals surface area (Å²) in [5, 5.41) is 1.55. The van der Waals surface area contributed by atoms with E-state index in [0.717, 1.165) is 22.5 Å². The van der Waals surface area contributed by atoms with Crippen LogP contribution in [0.2, 0.25) is 5.02 Å². The predicted molar refractivity (Wildman–Crippen MR) is 107 cm³/mol. The van der Waals surface area contributed by atoms with E-state index in [1.165, 1.54) is 12.1 Å². The highest BCUT2D eigenvalue weighted by Crippen LogP contribution is 2.23. The van der Waals surface area contributed by atoms with Crippen LogP contribution in [0.1, 0.15) is 11.1 Å². The maximum atomic E-state index is 14.1. The number of nitrogens with zero attached hydrogens (tertiary/aromatic N) is 2. The van der Waals surface area contributed by atoms with Crippen molar-refractivity contribution < 1.29 is 13.6 Å². The number of rotatable bonds is 7. The Labute approximate surface area is 167 Å². The standard InChI is InChI=1S/C21H22ClF2N3O/c1-26(2)7-8-27(13-14-3-5-17(23)11-19(14)24)21(28)9-15-12-25-20-10-16(22)4-6-18(15)20/h3-6,10-12,25H,7-9,13H2,1-2H3. The Bertz CT molecular complexity index is 987. The number of carbonyl (C=O) groups excluding carboxylic acids is 1. The van der Waals surface area contributed by atoms with Gasteiger partial charge in [0.2, 0.25) is 5.91 Å². The van der Waals surface area contributed by atoms with Crippen molar-refractivity contribution in [2.75, 3.05) is 27.2 Å². The lowest BCUT2D eigenvalue weighted by molar-refractivity contribution is -0.131. The van der Waals surface area contributed by atoms with Gasteiger partial charge in [0.05, 0.1) is 6.42 Å². The topological polar surface area (TPSA) is 39.3 Å². The number of amides is 1. The van der Waals surface area contributed by atoms with Gasteiger partial charge in [0.1, 0.15) is 11.6 Å². The molecule has 0 saturated carbocycles. The third-order valence-corrected chi connectivity index (χ3v) is 4.85. The number of halogens is 3. The summed E-state index contributed by atoms with van der Waals surface area (Å²) in [7, 11) is 3.81. The first-order valence-corrected chi connectivity index (χ1v) is 9.33. The van der Waals surface area contributed by atoms with Crippen LogP contribution in [-0.2, 0) is 17.8 Å². The van der Waals surface area contributed by atoms with Crippen LogP contribution in [0, 0.1) is 11.6 Å². The van der Waals surface area contributed by atoms with E-state index in [9.17, 15) is 13.6 Å². The SMILES string of the molecule is CN(C)CCN(Cc1ccc(F)cc1F)C(=O)Cc1c[nH]c2cc(Cl)ccc12. The highest BCUT2D eigenvalue weighted by Gasteiger charge is 2.18. The third kappa shape index (κ3) is 4.88. The van der Waals surface area contributed by atoms with Crippen LogP contribution in [0.5, 0.6) is 0 Å². The molecule has 1 N–H and O–H groups in total. The second kappa shape index (κ2) is 8.71. The number of likely N-dealkylation sites (N-methyl/N-ethyl adjacent to an activating group) is 1. The van der Waals surface area contributed by atoms with Crippen molar-refractivity contribution in [2.24, 2.45) is 0 Å². The van der Waals surface area contributed by atoms with E-state index in [2.05, 4.69) is 4.98 Å². The average molecular weight is 406 g/mol. The van der Waals surface area contributed by atoms with E-state index in [-0.39, 0.29) is 18.9 Å². The number of nitrogens with one attached hydrogen (secondary N) is 1. The molecule has 0 saturated heterocycles. The summed E-state index contributed by atoms with van der Waals surface area (Å²) in [6, 6.07) is 8.89. The Hall–Kier alpha value is -2.44. The molecule has 28 heavy (non-hydrogen) atoms. The first-order chi connectivity index (χ1) is 13.3. The minimum atomic E-state index is -0.649. The molecular weight excluding hydrogens is 384 g/mol. The average Bonchev–Trinajstić information content (AvgIpc) is 3.01. The van der Waals surface area contributed by atoms with Crippen molar-refractivity contribution in [3.8, 4) is 0 Å². The molecule has 0 aliphatic heterocycles. The van der Waals surface area contributed by atoms with E-state index in [1.807, 2.05) is 31.1 Å². The fraction of sp³-hybridized carbons (Fsp3) is 0.286. The Morgan fingerprint density at radius 3 is 2.57 bits per heavy atom. The zero-order valence-electron chi connectivity index (χ0n) is 15.8. The molecule has 0 unspecified atom stereocenters. The Kier molecular flexibility index (Phi) is 6.31. The Morgan fingerprint density at radius 1 is 1.07 bits per heavy atom. The van der Waals surface area contributed by atoms with Crippen molar-refractivity contribution in [3.05, 3.63) is 70.4 Å². The van der Waals surface area contributed by atoms with Gasteiger partial charge >= 0.3 is 0 Å². The van der Waals surface area contributed by atoms with Crippen LogP contribution in [0.25, 0.3) is 10.9 Å². The molecule has 2 aromatic carbocycles. The highest BCUT2D eigenvalue weighted by atomic mass is 35.5. The largest absolute Gasteiger partial charge is 0.361 e. The minimum Gasteiger partial charge on any atom is -0.361 e. The van der Waals surface area contributed by atoms with Crippen LogP contribution >= 0.6 is 11.6 Å². The second-order valence-electron chi connectivity index (χ2n) is 7.03. The molecule has 0 fully saturated rings. The summed E-state index contributed by atoms with van der Waals surface area (Å²) in [5.74, 6) is -1.41. The molecule has 0 aliphatic carbocycles. The van der Waals surface area contributed by atoms with Gasteiger partial charge in [0, 0.05) is 53.4 Å². The lowest BCUT2D eigenvalue weighted by Gasteiger charge is -2.25. The van der Waals surface area contributed by atoms with Crippen LogP contribution in [-0.4, -0.2) is 47.9 Å². The number of aromatic amines is 1. The van der Waals surface area contributed by atoms with Gasteiger partial charge in [-0.2, -0.15) is 0 Å². The van der Waals surface area contributed by atoms with Crippen LogP contribution in [0.3, 0.4) is 0 Å². The van der Waals surface area contributed by atoms with Gasteiger partial charge in [0.25, 0.3) is 0 Å². The fourth-order valence-electron chi connectivity index (χ4n) is 3.05. The van der Waals surface area contributed by atoms with Gasteiger partial charge in [-0.25, -0.2) is 8.78 Å². The zero-order valence-corrected chi connectivity index (χ0v) is 16.6. The summed E-state index contributed by atoms with van der Waals surface area (Å²) in [5.41, 5.74) is 2.00. The Balaban J connectivity index is 1.80. The molecule has 0 aliphatic rings. The fourth-order valence-corrected chi connectivity index (χ4v) is 3.22. The molecule has 3 aromatic rings. The molecule has 7 heteroatoms. The number of H-pyrrole nitrogens is 1. The van der Waals surface area contributed by atoms with Gasteiger partial charge in [-0.05, 0) is 37.9 Å². The van der Waals surface area contributed by atoms with E-state index < -0.39 is 11.6 Å². The van der Waals surface area contributed by atoms with E-state index in [1.54, 1.807) is 17.2 Å². The molecule has 0 radical (unpaired) electrons. The predicted octanol–water partition coefficient (Wildman–Crippen LogP) is 4.23. The quantitative estimate of drug-likeness (QED) is 0.638. The summed E-state index contributed by atoms with van der Waals surface area (Å²) in [4.78, 5) is 19.7. The molecule has 1 heterocycles. The van der Waals surface area contributed by atoms with Crippen LogP contribution in [0.4, 0.5) is 8.78 Å². The lowest BCUT2D eigenvalue weighted by Crippen LogP contribution is -2.37. The first kappa shape index (κ1) is 20.3. The normalized spacial score (nSPS) is 11.4. The highest BCUT2D eigenvalue weighted by molar-refractivity contribution is 6.31. The van der Waals surface area contributed by atoms with Gasteiger partial charge in [0.15, 0.2) is 0 Å². The molecule has 0 bridgehead atoms.